The molecule has 0 saturated carbocycles. The molecule has 0 aliphatic carbocycles. The lowest BCUT2D eigenvalue weighted by Crippen LogP contribution is -2.47. The third-order valence-corrected chi connectivity index (χ3v) is 15.0. The van der Waals surface area contributed by atoms with Crippen LogP contribution in [-0.4, -0.2) is 69.4 Å². The van der Waals surface area contributed by atoms with Crippen molar-refractivity contribution in [3.05, 3.63) is 97.2 Å². The Morgan fingerprint density at radius 1 is 0.443 bits per heavy atom. The molecule has 79 heavy (non-hydrogen) atoms. The molecule has 0 aromatic rings. The summed E-state index contributed by atoms with van der Waals surface area (Å²) < 4.78 is 30.3. The average Bonchev–Trinajstić information content (AvgIpc) is 3.41. The molecule has 0 spiro atoms. The van der Waals surface area contributed by atoms with E-state index < -0.39 is 26.6 Å². The van der Waals surface area contributed by atoms with Crippen LogP contribution in [0.25, 0.3) is 0 Å². The highest BCUT2D eigenvalue weighted by Crippen LogP contribution is 2.38. The van der Waals surface area contributed by atoms with Gasteiger partial charge in [-0.25, -0.2) is 0 Å². The van der Waals surface area contributed by atoms with E-state index in [9.17, 15) is 19.0 Å². The lowest BCUT2D eigenvalue weighted by molar-refractivity contribution is -0.870. The van der Waals surface area contributed by atoms with Gasteiger partial charge in [0.1, 0.15) is 19.3 Å². The largest absolute Gasteiger partial charge is 0.756 e. The monoisotopic (exact) mass is 1120 g/mol. The third-order valence-electron chi connectivity index (χ3n) is 14.0. The van der Waals surface area contributed by atoms with E-state index in [-0.39, 0.29) is 31.3 Å². The maximum Gasteiger partial charge on any atom is 0.306 e. The number of phosphoric ester groups is 1. The summed E-state index contributed by atoms with van der Waals surface area (Å²) >= 11 is 0. The van der Waals surface area contributed by atoms with Crippen LogP contribution in [0.15, 0.2) is 97.2 Å². The fourth-order valence-electron chi connectivity index (χ4n) is 8.92. The zero-order valence-electron chi connectivity index (χ0n) is 52.1. The minimum absolute atomic E-state index is 0.0335. The van der Waals surface area contributed by atoms with E-state index in [4.69, 9.17) is 13.8 Å². The molecule has 0 heterocycles. The van der Waals surface area contributed by atoms with E-state index >= 15 is 0 Å². The second kappa shape index (κ2) is 58.1. The number of nitrogens with one attached hydrogen (secondary N) is 1. The fourth-order valence-corrected chi connectivity index (χ4v) is 9.65. The number of quaternary nitrogens is 1. The first-order valence-corrected chi connectivity index (χ1v) is 34.0. The number of amides is 1. The number of phosphoric acid groups is 1. The molecule has 0 saturated heterocycles. The molecule has 0 aliphatic heterocycles. The van der Waals surface area contributed by atoms with Gasteiger partial charge in [0, 0.05) is 12.8 Å². The molecule has 0 aromatic carbocycles. The van der Waals surface area contributed by atoms with Crippen LogP contribution >= 0.6 is 7.82 Å². The van der Waals surface area contributed by atoms with Gasteiger partial charge in [0.15, 0.2) is 0 Å². The summed E-state index contributed by atoms with van der Waals surface area (Å²) in [5.41, 5.74) is 0. The van der Waals surface area contributed by atoms with Crippen LogP contribution in [0.4, 0.5) is 0 Å². The quantitative estimate of drug-likeness (QED) is 0.0212. The Morgan fingerprint density at radius 2 is 0.772 bits per heavy atom. The smallest absolute Gasteiger partial charge is 0.306 e. The standard InChI is InChI=1S/C69H123N2O7P/c1-7-10-13-16-19-22-25-27-29-31-33-34-35-36-38-40-42-44-47-50-53-56-59-62-69(73)78-67(60-57-54-51-48-45-24-21-18-15-12-9-3)66(65-77-79(74,75)76-64-63-71(4,5)6)70-68(72)61-58-55-52-49-46-43-41-39-37-32-30-28-26-23-20-17-14-11-8-2/h19-20,22-23,27-30,33-34,37,39,43,46,57,60,66-67H,7-18,21,24-26,31-32,35-36,38,40-42,44-45,47-56,58-59,61-65H2,1-6H3,(H-,70,72,74,75)/b22-19-,23-20-,29-27-,30-28-,34-33-,39-37-,46-43-,60-57+. The lowest BCUT2D eigenvalue weighted by Gasteiger charge is -2.30. The van der Waals surface area contributed by atoms with Crippen molar-refractivity contribution in [2.24, 2.45) is 0 Å². The zero-order chi connectivity index (χ0) is 57.9. The highest BCUT2D eigenvalue weighted by molar-refractivity contribution is 7.45. The van der Waals surface area contributed by atoms with E-state index in [1.807, 2.05) is 33.3 Å². The molecule has 1 N–H and O–H groups in total. The van der Waals surface area contributed by atoms with Gasteiger partial charge in [-0.2, -0.15) is 0 Å². The van der Waals surface area contributed by atoms with E-state index in [2.05, 4.69) is 111 Å². The second-order valence-electron chi connectivity index (χ2n) is 22.9. The highest BCUT2D eigenvalue weighted by atomic mass is 31.2. The molecule has 0 bridgehead atoms. The van der Waals surface area contributed by atoms with Crippen molar-refractivity contribution in [1.29, 1.82) is 0 Å². The number of likely N-dealkylation sites (N-methyl/N-ethyl adjacent to an activating group) is 1. The van der Waals surface area contributed by atoms with Gasteiger partial charge < -0.3 is 28.5 Å². The van der Waals surface area contributed by atoms with Gasteiger partial charge in [-0.1, -0.05) is 247 Å². The molecule has 0 rings (SSSR count). The summed E-state index contributed by atoms with van der Waals surface area (Å²) in [7, 11) is 1.15. The zero-order valence-corrected chi connectivity index (χ0v) is 52.9. The van der Waals surface area contributed by atoms with Crippen LogP contribution in [0, 0.1) is 0 Å². The number of rotatable bonds is 58. The van der Waals surface area contributed by atoms with Gasteiger partial charge >= 0.3 is 5.97 Å². The minimum atomic E-state index is -4.71. The van der Waals surface area contributed by atoms with Crippen LogP contribution < -0.4 is 10.2 Å². The molecular formula is C69H123N2O7P. The molecule has 3 atom stereocenters. The number of ether oxygens (including phenoxy) is 1. The van der Waals surface area contributed by atoms with Crippen molar-refractivity contribution in [3.8, 4) is 0 Å². The van der Waals surface area contributed by atoms with E-state index in [0.29, 0.717) is 17.4 Å². The number of allylic oxidation sites excluding steroid dienone is 15. The number of esters is 1. The van der Waals surface area contributed by atoms with Gasteiger partial charge in [0.05, 0.1) is 33.8 Å². The second-order valence-corrected chi connectivity index (χ2v) is 24.3. The molecule has 0 fully saturated rings. The van der Waals surface area contributed by atoms with Gasteiger partial charge in [-0.15, -0.1) is 0 Å². The summed E-state index contributed by atoms with van der Waals surface area (Å²) in [6, 6.07) is -0.912. The van der Waals surface area contributed by atoms with Gasteiger partial charge in [-0.3, -0.25) is 14.2 Å². The summed E-state index contributed by atoms with van der Waals surface area (Å²) in [4.78, 5) is 40.0. The molecular weight excluding hydrogens is 1000 g/mol. The van der Waals surface area contributed by atoms with E-state index in [1.54, 1.807) is 0 Å². The van der Waals surface area contributed by atoms with Crippen molar-refractivity contribution in [2.75, 3.05) is 40.9 Å². The third kappa shape index (κ3) is 59.4. The van der Waals surface area contributed by atoms with Gasteiger partial charge in [-0.05, 0) is 115 Å². The van der Waals surface area contributed by atoms with E-state index in [1.165, 1.54) is 135 Å². The van der Waals surface area contributed by atoms with Crippen molar-refractivity contribution in [3.63, 3.8) is 0 Å². The van der Waals surface area contributed by atoms with Crippen molar-refractivity contribution < 1.29 is 37.3 Å². The molecule has 3 unspecified atom stereocenters. The number of carbonyl (C=O) groups is 2. The first-order valence-electron chi connectivity index (χ1n) is 32.5. The SMILES string of the molecule is CCCCC/C=C\C/C=C\C/C=C\C/C=C\CCCCCC(=O)NC(COP(=O)([O-])OCC[N+](C)(C)C)C(/C=C/CCCCCCCCCCC)OC(=O)CCCCCCCCCCCC/C=C\C/C=C\C/C=C\CCCCC. The maximum absolute atomic E-state index is 13.5. The topological polar surface area (TPSA) is 114 Å². The van der Waals surface area contributed by atoms with Crippen LogP contribution in [0.2, 0.25) is 0 Å². The molecule has 0 aliphatic rings. The molecule has 9 nitrogen and oxygen atoms in total. The Balaban J connectivity index is 5.21. The van der Waals surface area contributed by atoms with Crippen molar-refractivity contribution >= 4 is 19.7 Å². The van der Waals surface area contributed by atoms with Gasteiger partial charge in [0.25, 0.3) is 7.82 Å². The summed E-state index contributed by atoms with van der Waals surface area (Å²) in [6.07, 6.45) is 78.0. The van der Waals surface area contributed by atoms with Crippen molar-refractivity contribution in [2.45, 2.75) is 290 Å². The number of nitrogens with zero attached hydrogens (tertiary/aromatic N) is 1. The molecule has 10 heteroatoms. The number of hydrogen-bond acceptors (Lipinski definition) is 7. The average molecular weight is 1120 g/mol. The number of carbonyl (C=O) groups excluding carboxylic acids is 2. The summed E-state index contributed by atoms with van der Waals surface area (Å²) in [6.45, 7) is 6.76. The van der Waals surface area contributed by atoms with Crippen LogP contribution in [0.5, 0.6) is 0 Å². The Labute approximate surface area is 488 Å². The molecule has 1 amide bonds. The first kappa shape index (κ1) is 75.9. The number of hydrogen-bond donors (Lipinski definition) is 1. The van der Waals surface area contributed by atoms with Crippen LogP contribution in [0.3, 0.4) is 0 Å². The predicted octanol–water partition coefficient (Wildman–Crippen LogP) is 19.7. The Hall–Kier alpha value is -3.07. The maximum atomic E-state index is 13.5. The minimum Gasteiger partial charge on any atom is -0.756 e. The normalized spacial score (nSPS) is 14.3. The predicted molar refractivity (Wildman–Crippen MR) is 339 cm³/mol. The highest BCUT2D eigenvalue weighted by Gasteiger charge is 2.27. The van der Waals surface area contributed by atoms with Crippen LogP contribution in [-0.2, 0) is 27.9 Å². The molecule has 0 radical (unpaired) electrons. The van der Waals surface area contributed by atoms with Crippen molar-refractivity contribution in [1.82, 2.24) is 5.32 Å². The number of unbranched alkanes of at least 4 members (excludes halogenated alkanes) is 28. The molecule has 0 aromatic heterocycles. The Bertz CT molecular complexity index is 1670. The van der Waals surface area contributed by atoms with Crippen LogP contribution in [0.1, 0.15) is 278 Å². The lowest BCUT2D eigenvalue weighted by atomic mass is 10.0. The Morgan fingerprint density at radius 3 is 1.19 bits per heavy atom. The Kier molecular flexibility index (Phi) is 55.9. The molecule has 456 valence electrons. The summed E-state index contributed by atoms with van der Waals surface area (Å²) in [5.74, 6) is -0.583. The summed E-state index contributed by atoms with van der Waals surface area (Å²) in [5, 5.41) is 3.01. The van der Waals surface area contributed by atoms with E-state index in [0.717, 1.165) is 103 Å². The fraction of sp³-hybridized carbons (Fsp3) is 0.739. The first-order chi connectivity index (χ1) is 38.4. The van der Waals surface area contributed by atoms with Gasteiger partial charge in [0.2, 0.25) is 5.91 Å².